The second kappa shape index (κ2) is 5.10. The molecule has 1 aromatic rings. The van der Waals surface area contributed by atoms with Gasteiger partial charge in [0.15, 0.2) is 0 Å². The summed E-state index contributed by atoms with van der Waals surface area (Å²) in [7, 11) is 0. The number of hydrogen-bond donors (Lipinski definition) is 1. The van der Waals surface area contributed by atoms with E-state index in [1.54, 1.807) is 0 Å². The summed E-state index contributed by atoms with van der Waals surface area (Å²) in [6.07, 6.45) is 4.25. The normalized spacial score (nSPS) is 16.4. The topological polar surface area (TPSA) is 35.2 Å². The molecular formula is C12H16BrNO. The molecule has 0 aromatic heterocycles. The molecule has 0 saturated heterocycles. The Hall–Kier alpha value is -0.380. The Morgan fingerprint density at radius 1 is 1.40 bits per heavy atom. The molecule has 3 heteroatoms. The van der Waals surface area contributed by atoms with Crippen molar-refractivity contribution in [2.24, 2.45) is 5.73 Å². The van der Waals surface area contributed by atoms with Crippen LogP contribution in [-0.2, 0) is 17.9 Å². The molecule has 1 aliphatic rings. The van der Waals surface area contributed by atoms with Crippen molar-refractivity contribution in [2.75, 3.05) is 0 Å². The molecule has 0 radical (unpaired) electrons. The Bertz CT molecular complexity index is 336. The molecule has 1 saturated carbocycles. The molecule has 2 nitrogen and oxygen atoms in total. The van der Waals surface area contributed by atoms with E-state index in [0.717, 1.165) is 10.0 Å². The Balaban J connectivity index is 1.95. The third-order valence-electron chi connectivity index (χ3n) is 2.88. The van der Waals surface area contributed by atoms with E-state index in [1.807, 2.05) is 0 Å². The van der Waals surface area contributed by atoms with Crippen molar-refractivity contribution >= 4 is 15.9 Å². The van der Waals surface area contributed by atoms with Crippen LogP contribution in [-0.4, -0.2) is 6.10 Å². The summed E-state index contributed by atoms with van der Waals surface area (Å²) in [6.45, 7) is 1.29. The maximum absolute atomic E-state index is 5.76. The molecular weight excluding hydrogens is 254 g/mol. The molecule has 0 heterocycles. The van der Waals surface area contributed by atoms with Gasteiger partial charge in [0.25, 0.3) is 0 Å². The van der Waals surface area contributed by atoms with E-state index < -0.39 is 0 Å². The summed E-state index contributed by atoms with van der Waals surface area (Å²) >= 11 is 3.54. The predicted molar refractivity (Wildman–Crippen MR) is 64.5 cm³/mol. The Morgan fingerprint density at radius 3 is 2.73 bits per heavy atom. The van der Waals surface area contributed by atoms with E-state index in [9.17, 15) is 0 Å². The lowest BCUT2D eigenvalue weighted by Crippen LogP contribution is -2.21. The molecule has 1 fully saturated rings. The highest BCUT2D eigenvalue weighted by molar-refractivity contribution is 9.10. The monoisotopic (exact) mass is 269 g/mol. The number of ether oxygens (including phenoxy) is 1. The van der Waals surface area contributed by atoms with Gasteiger partial charge in [-0.3, -0.25) is 0 Å². The zero-order valence-electron chi connectivity index (χ0n) is 8.71. The number of rotatable bonds is 4. The highest BCUT2D eigenvalue weighted by atomic mass is 79.9. The van der Waals surface area contributed by atoms with E-state index >= 15 is 0 Å². The number of halogens is 1. The number of hydrogen-bond acceptors (Lipinski definition) is 2. The van der Waals surface area contributed by atoms with Crippen LogP contribution in [0.2, 0.25) is 0 Å². The summed E-state index contributed by atoms with van der Waals surface area (Å²) in [5.41, 5.74) is 7.92. The highest BCUT2D eigenvalue weighted by Crippen LogP contribution is 2.25. The Labute approximate surface area is 98.9 Å². The summed E-state index contributed by atoms with van der Waals surface area (Å²) in [6, 6.07) is 6.22. The molecule has 0 atom stereocenters. The standard InChI is InChI=1S/C12H16BrNO/c13-12-6-9(7-14)4-5-10(12)8-15-11-2-1-3-11/h4-6,11H,1-3,7-8,14H2. The van der Waals surface area contributed by atoms with Crippen LogP contribution in [0, 0.1) is 0 Å². The van der Waals surface area contributed by atoms with E-state index in [-0.39, 0.29) is 0 Å². The minimum atomic E-state index is 0.492. The van der Waals surface area contributed by atoms with Crippen LogP contribution in [0.3, 0.4) is 0 Å². The molecule has 0 aliphatic heterocycles. The molecule has 0 amide bonds. The van der Waals surface area contributed by atoms with E-state index in [1.165, 1.54) is 24.8 Å². The van der Waals surface area contributed by atoms with Crippen molar-refractivity contribution in [2.45, 2.75) is 38.5 Å². The zero-order chi connectivity index (χ0) is 10.7. The third-order valence-corrected chi connectivity index (χ3v) is 3.62. The van der Waals surface area contributed by atoms with Crippen LogP contribution in [0.4, 0.5) is 0 Å². The first-order chi connectivity index (χ1) is 7.29. The van der Waals surface area contributed by atoms with Crippen molar-refractivity contribution < 1.29 is 4.74 Å². The van der Waals surface area contributed by atoms with Crippen LogP contribution in [0.25, 0.3) is 0 Å². The fourth-order valence-corrected chi connectivity index (χ4v) is 2.12. The molecule has 1 aliphatic carbocycles. The fourth-order valence-electron chi connectivity index (χ4n) is 1.58. The van der Waals surface area contributed by atoms with Crippen LogP contribution >= 0.6 is 15.9 Å². The lowest BCUT2D eigenvalue weighted by molar-refractivity contribution is -0.00889. The fraction of sp³-hybridized carbons (Fsp3) is 0.500. The lowest BCUT2D eigenvalue weighted by atomic mass is 9.96. The predicted octanol–water partition coefficient (Wildman–Crippen LogP) is 2.98. The third kappa shape index (κ3) is 2.80. The van der Waals surface area contributed by atoms with Gasteiger partial charge in [0.05, 0.1) is 12.7 Å². The van der Waals surface area contributed by atoms with E-state index in [0.29, 0.717) is 19.3 Å². The summed E-state index contributed by atoms with van der Waals surface area (Å²) in [4.78, 5) is 0. The van der Waals surface area contributed by atoms with Gasteiger partial charge in [-0.15, -0.1) is 0 Å². The second-order valence-corrected chi connectivity index (χ2v) is 4.85. The lowest BCUT2D eigenvalue weighted by Gasteiger charge is -2.25. The summed E-state index contributed by atoms with van der Waals surface area (Å²) < 4.78 is 6.86. The van der Waals surface area contributed by atoms with Crippen molar-refractivity contribution in [3.05, 3.63) is 33.8 Å². The quantitative estimate of drug-likeness (QED) is 0.912. The van der Waals surface area contributed by atoms with Gasteiger partial charge in [0, 0.05) is 11.0 Å². The molecule has 15 heavy (non-hydrogen) atoms. The van der Waals surface area contributed by atoms with Crippen molar-refractivity contribution in [1.82, 2.24) is 0 Å². The van der Waals surface area contributed by atoms with Crippen molar-refractivity contribution in [1.29, 1.82) is 0 Å². The SMILES string of the molecule is NCc1ccc(COC2CCC2)c(Br)c1. The van der Waals surface area contributed by atoms with Crippen molar-refractivity contribution in [3.8, 4) is 0 Å². The largest absolute Gasteiger partial charge is 0.374 e. The maximum atomic E-state index is 5.76. The van der Waals surface area contributed by atoms with Crippen molar-refractivity contribution in [3.63, 3.8) is 0 Å². The van der Waals surface area contributed by atoms with Crippen LogP contribution < -0.4 is 5.73 Å². The van der Waals surface area contributed by atoms with Crippen LogP contribution in [0.1, 0.15) is 30.4 Å². The van der Waals surface area contributed by atoms with Gasteiger partial charge < -0.3 is 10.5 Å². The summed E-state index contributed by atoms with van der Waals surface area (Å²) in [5, 5.41) is 0. The molecule has 2 N–H and O–H groups in total. The number of nitrogens with two attached hydrogens (primary N) is 1. The Morgan fingerprint density at radius 2 is 2.20 bits per heavy atom. The van der Waals surface area contributed by atoms with Crippen LogP contribution in [0.15, 0.2) is 22.7 Å². The molecule has 2 rings (SSSR count). The summed E-state index contributed by atoms with van der Waals surface area (Å²) in [5.74, 6) is 0. The minimum Gasteiger partial charge on any atom is -0.374 e. The van der Waals surface area contributed by atoms with E-state index in [2.05, 4.69) is 34.1 Å². The number of benzene rings is 1. The maximum Gasteiger partial charge on any atom is 0.0731 e. The first-order valence-corrected chi connectivity index (χ1v) is 6.18. The average molecular weight is 270 g/mol. The first kappa shape index (κ1) is 11.1. The smallest absolute Gasteiger partial charge is 0.0731 e. The highest BCUT2D eigenvalue weighted by Gasteiger charge is 2.17. The van der Waals surface area contributed by atoms with Gasteiger partial charge in [0.2, 0.25) is 0 Å². The van der Waals surface area contributed by atoms with E-state index in [4.69, 9.17) is 10.5 Å². The van der Waals surface area contributed by atoms with Crippen LogP contribution in [0.5, 0.6) is 0 Å². The Kier molecular flexibility index (Phi) is 3.78. The zero-order valence-corrected chi connectivity index (χ0v) is 10.3. The van der Waals surface area contributed by atoms with Gasteiger partial charge in [-0.1, -0.05) is 28.1 Å². The molecule has 0 bridgehead atoms. The molecule has 1 aromatic carbocycles. The molecule has 82 valence electrons. The average Bonchev–Trinajstić information content (AvgIpc) is 2.18. The van der Waals surface area contributed by atoms with Gasteiger partial charge in [-0.2, -0.15) is 0 Å². The van der Waals surface area contributed by atoms with Gasteiger partial charge >= 0.3 is 0 Å². The van der Waals surface area contributed by atoms with Gasteiger partial charge in [-0.05, 0) is 36.5 Å². The second-order valence-electron chi connectivity index (χ2n) is 3.99. The van der Waals surface area contributed by atoms with Gasteiger partial charge in [0.1, 0.15) is 0 Å². The first-order valence-electron chi connectivity index (χ1n) is 5.38. The minimum absolute atomic E-state index is 0.492. The molecule has 0 spiro atoms. The van der Waals surface area contributed by atoms with Gasteiger partial charge in [-0.25, -0.2) is 0 Å². The molecule has 0 unspecified atom stereocenters.